The lowest BCUT2D eigenvalue weighted by atomic mass is 9.94. The molecule has 1 aromatic heterocycles. The quantitative estimate of drug-likeness (QED) is 0.872. The fourth-order valence-electron chi connectivity index (χ4n) is 3.93. The number of anilines is 1. The number of nitrogens with zero attached hydrogens (tertiary/aromatic N) is 1. The summed E-state index contributed by atoms with van der Waals surface area (Å²) >= 11 is 1.55. The molecule has 0 bridgehead atoms. The molecule has 1 N–H and O–H groups in total. The highest BCUT2D eigenvalue weighted by molar-refractivity contribution is 7.12. The van der Waals surface area contributed by atoms with Crippen LogP contribution in [0, 0.1) is 6.92 Å². The fraction of sp³-hybridized carbons (Fsp3) is 0.429. The Labute approximate surface area is 158 Å². The third-order valence-corrected chi connectivity index (χ3v) is 6.49. The number of aryl methyl sites for hydroxylation is 2. The van der Waals surface area contributed by atoms with E-state index >= 15 is 0 Å². The molecule has 136 valence electrons. The summed E-state index contributed by atoms with van der Waals surface area (Å²) in [7, 11) is 0. The van der Waals surface area contributed by atoms with Crippen LogP contribution >= 0.6 is 11.3 Å². The van der Waals surface area contributed by atoms with Crippen LogP contribution in [0.15, 0.2) is 23.6 Å². The molecule has 2 aromatic rings. The van der Waals surface area contributed by atoms with Crippen LogP contribution in [0.4, 0.5) is 5.69 Å². The Balaban J connectivity index is 1.50. The Morgan fingerprint density at radius 1 is 1.08 bits per heavy atom. The SMILES string of the molecule is Cc1cc(C(=O)N2CCCC2)ccc1NC(=O)c1scc2c1CCCC2. The second kappa shape index (κ2) is 7.23. The molecule has 0 spiro atoms. The second-order valence-electron chi connectivity index (χ2n) is 7.26. The van der Waals surface area contributed by atoms with Crippen LogP contribution in [0.2, 0.25) is 0 Å². The maximum atomic E-state index is 12.8. The molecule has 1 aromatic carbocycles. The average Bonchev–Trinajstić information content (AvgIpc) is 3.32. The summed E-state index contributed by atoms with van der Waals surface area (Å²) < 4.78 is 0. The number of hydrogen-bond donors (Lipinski definition) is 1. The summed E-state index contributed by atoms with van der Waals surface area (Å²) in [6.45, 7) is 3.64. The van der Waals surface area contributed by atoms with Crippen molar-refractivity contribution in [1.82, 2.24) is 4.90 Å². The highest BCUT2D eigenvalue weighted by atomic mass is 32.1. The maximum absolute atomic E-state index is 12.8. The van der Waals surface area contributed by atoms with Crippen LogP contribution in [0.1, 0.15) is 62.4 Å². The maximum Gasteiger partial charge on any atom is 0.266 e. The number of benzene rings is 1. The lowest BCUT2D eigenvalue weighted by Crippen LogP contribution is -2.27. The number of thiophene rings is 1. The van der Waals surface area contributed by atoms with E-state index in [0.29, 0.717) is 5.56 Å². The van der Waals surface area contributed by atoms with E-state index in [2.05, 4.69) is 10.7 Å². The number of hydrogen-bond acceptors (Lipinski definition) is 3. The van der Waals surface area contributed by atoms with Gasteiger partial charge in [-0.25, -0.2) is 0 Å². The molecule has 1 saturated heterocycles. The summed E-state index contributed by atoms with van der Waals surface area (Å²) in [4.78, 5) is 28.0. The first-order valence-corrected chi connectivity index (χ1v) is 10.3. The van der Waals surface area contributed by atoms with E-state index in [1.807, 2.05) is 30.0 Å². The Kier molecular flexibility index (Phi) is 4.81. The van der Waals surface area contributed by atoms with Gasteiger partial charge in [-0.3, -0.25) is 9.59 Å². The molecule has 0 radical (unpaired) electrons. The number of carbonyl (C=O) groups is 2. The van der Waals surface area contributed by atoms with Crippen LogP contribution in [-0.2, 0) is 12.8 Å². The average molecular weight is 369 g/mol. The highest BCUT2D eigenvalue weighted by Gasteiger charge is 2.22. The lowest BCUT2D eigenvalue weighted by Gasteiger charge is -2.17. The van der Waals surface area contributed by atoms with Crippen molar-refractivity contribution in [2.24, 2.45) is 0 Å². The van der Waals surface area contributed by atoms with Gasteiger partial charge in [0.25, 0.3) is 11.8 Å². The van der Waals surface area contributed by atoms with Gasteiger partial charge >= 0.3 is 0 Å². The first kappa shape index (κ1) is 17.3. The first-order chi connectivity index (χ1) is 12.6. The van der Waals surface area contributed by atoms with Crippen LogP contribution in [0.5, 0.6) is 0 Å². The summed E-state index contributed by atoms with van der Waals surface area (Å²) in [5.74, 6) is 0.0654. The Morgan fingerprint density at radius 2 is 1.85 bits per heavy atom. The normalized spacial score (nSPS) is 16.4. The van der Waals surface area contributed by atoms with E-state index in [4.69, 9.17) is 0 Å². The Bertz CT molecular complexity index is 850. The van der Waals surface area contributed by atoms with Gasteiger partial charge < -0.3 is 10.2 Å². The van der Waals surface area contributed by atoms with Crippen molar-refractivity contribution in [3.63, 3.8) is 0 Å². The minimum atomic E-state index is -0.0279. The lowest BCUT2D eigenvalue weighted by molar-refractivity contribution is 0.0792. The van der Waals surface area contributed by atoms with Gasteiger partial charge in [-0.2, -0.15) is 0 Å². The topological polar surface area (TPSA) is 49.4 Å². The number of nitrogens with one attached hydrogen (secondary N) is 1. The first-order valence-electron chi connectivity index (χ1n) is 9.44. The molecule has 1 fully saturated rings. The molecule has 4 nitrogen and oxygen atoms in total. The molecular formula is C21H24N2O2S. The molecule has 1 aliphatic heterocycles. The van der Waals surface area contributed by atoms with E-state index in [1.165, 1.54) is 17.5 Å². The van der Waals surface area contributed by atoms with Crippen molar-refractivity contribution < 1.29 is 9.59 Å². The van der Waals surface area contributed by atoms with E-state index in [1.54, 1.807) is 11.3 Å². The molecular weight excluding hydrogens is 344 g/mol. The molecule has 2 amide bonds. The van der Waals surface area contributed by atoms with Gasteiger partial charge in [-0.1, -0.05) is 0 Å². The van der Waals surface area contributed by atoms with Gasteiger partial charge in [0.1, 0.15) is 0 Å². The zero-order valence-corrected chi connectivity index (χ0v) is 16.0. The zero-order chi connectivity index (χ0) is 18.1. The molecule has 0 unspecified atom stereocenters. The molecule has 26 heavy (non-hydrogen) atoms. The molecule has 0 atom stereocenters. The van der Waals surface area contributed by atoms with E-state index in [0.717, 1.165) is 61.3 Å². The molecule has 4 rings (SSSR count). The predicted octanol–water partition coefficient (Wildman–Crippen LogP) is 4.42. The fourth-order valence-corrected chi connectivity index (χ4v) is 4.98. The van der Waals surface area contributed by atoms with Crippen molar-refractivity contribution in [2.45, 2.75) is 45.4 Å². The third kappa shape index (κ3) is 3.28. The molecule has 5 heteroatoms. The second-order valence-corrected chi connectivity index (χ2v) is 8.14. The van der Waals surface area contributed by atoms with Gasteiger partial charge in [-0.05, 0) is 85.7 Å². The zero-order valence-electron chi connectivity index (χ0n) is 15.1. The van der Waals surface area contributed by atoms with Crippen molar-refractivity contribution in [2.75, 3.05) is 18.4 Å². The number of fused-ring (bicyclic) bond motifs is 1. The summed E-state index contributed by atoms with van der Waals surface area (Å²) in [5, 5.41) is 5.18. The van der Waals surface area contributed by atoms with Crippen molar-refractivity contribution >= 4 is 28.8 Å². The highest BCUT2D eigenvalue weighted by Crippen LogP contribution is 2.30. The monoisotopic (exact) mass is 368 g/mol. The van der Waals surface area contributed by atoms with E-state index in [-0.39, 0.29) is 11.8 Å². The minimum absolute atomic E-state index is 0.0279. The van der Waals surface area contributed by atoms with Gasteiger partial charge in [0.2, 0.25) is 0 Å². The van der Waals surface area contributed by atoms with Gasteiger partial charge in [-0.15, -0.1) is 11.3 Å². The van der Waals surface area contributed by atoms with E-state index in [9.17, 15) is 9.59 Å². The standard InChI is InChI=1S/C21H24N2O2S/c1-14-12-15(21(25)23-10-4-5-11-23)8-9-18(14)22-20(24)19-17-7-3-2-6-16(17)13-26-19/h8-9,12-13H,2-7,10-11H2,1H3,(H,22,24). The molecule has 0 saturated carbocycles. The largest absolute Gasteiger partial charge is 0.339 e. The van der Waals surface area contributed by atoms with Crippen molar-refractivity contribution in [1.29, 1.82) is 0 Å². The summed E-state index contributed by atoms with van der Waals surface area (Å²) in [6, 6.07) is 5.57. The van der Waals surface area contributed by atoms with Gasteiger partial charge in [0.05, 0.1) is 4.88 Å². The van der Waals surface area contributed by atoms with Crippen LogP contribution in [0.25, 0.3) is 0 Å². The van der Waals surface area contributed by atoms with Crippen LogP contribution < -0.4 is 5.32 Å². The molecule has 2 aliphatic rings. The number of carbonyl (C=O) groups excluding carboxylic acids is 2. The number of amides is 2. The summed E-state index contributed by atoms with van der Waals surface area (Å²) in [5.41, 5.74) is 4.99. The molecule has 1 aliphatic carbocycles. The predicted molar refractivity (Wildman–Crippen MR) is 105 cm³/mol. The number of rotatable bonds is 3. The Morgan fingerprint density at radius 3 is 2.62 bits per heavy atom. The van der Waals surface area contributed by atoms with Crippen LogP contribution in [0.3, 0.4) is 0 Å². The van der Waals surface area contributed by atoms with Crippen LogP contribution in [-0.4, -0.2) is 29.8 Å². The smallest absolute Gasteiger partial charge is 0.266 e. The minimum Gasteiger partial charge on any atom is -0.339 e. The van der Waals surface area contributed by atoms with Crippen molar-refractivity contribution in [3.05, 3.63) is 50.7 Å². The third-order valence-electron chi connectivity index (χ3n) is 5.42. The van der Waals surface area contributed by atoms with Gasteiger partial charge in [0, 0.05) is 24.3 Å². The van der Waals surface area contributed by atoms with Crippen molar-refractivity contribution in [3.8, 4) is 0 Å². The summed E-state index contributed by atoms with van der Waals surface area (Å²) in [6.07, 6.45) is 6.65. The van der Waals surface area contributed by atoms with Gasteiger partial charge in [0.15, 0.2) is 0 Å². The number of likely N-dealkylation sites (tertiary alicyclic amines) is 1. The Hall–Kier alpha value is -2.14. The molecule has 2 heterocycles. The van der Waals surface area contributed by atoms with E-state index < -0.39 is 0 Å².